The zero-order valence-electron chi connectivity index (χ0n) is 11.0. The van der Waals surface area contributed by atoms with Crippen molar-refractivity contribution in [2.24, 2.45) is 5.73 Å². The summed E-state index contributed by atoms with van der Waals surface area (Å²) >= 11 is 6.08. The molecular formula is C13H18ClF3N2. The molecule has 108 valence electrons. The second-order valence-electron chi connectivity index (χ2n) is 4.62. The second kappa shape index (κ2) is 6.48. The lowest BCUT2D eigenvalue weighted by Crippen LogP contribution is -2.30. The van der Waals surface area contributed by atoms with Gasteiger partial charge in [-0.05, 0) is 30.5 Å². The van der Waals surface area contributed by atoms with Gasteiger partial charge in [0.05, 0.1) is 0 Å². The Morgan fingerprint density at radius 2 is 2.00 bits per heavy atom. The van der Waals surface area contributed by atoms with Crippen molar-refractivity contribution >= 4 is 17.3 Å². The van der Waals surface area contributed by atoms with Gasteiger partial charge >= 0.3 is 6.18 Å². The van der Waals surface area contributed by atoms with Gasteiger partial charge in [-0.1, -0.05) is 24.6 Å². The Balaban J connectivity index is 2.81. The highest BCUT2D eigenvalue weighted by Gasteiger charge is 2.29. The van der Waals surface area contributed by atoms with Crippen molar-refractivity contribution in [3.63, 3.8) is 0 Å². The highest BCUT2D eigenvalue weighted by Crippen LogP contribution is 2.26. The van der Waals surface area contributed by atoms with E-state index in [4.69, 9.17) is 17.3 Å². The van der Waals surface area contributed by atoms with E-state index < -0.39 is 12.7 Å². The first-order valence-electron chi connectivity index (χ1n) is 6.05. The first-order chi connectivity index (χ1) is 8.73. The Hall–Kier alpha value is -0.940. The summed E-state index contributed by atoms with van der Waals surface area (Å²) in [6.07, 6.45) is -2.78. The number of halogens is 4. The number of alkyl halides is 3. The number of rotatable bonds is 5. The maximum Gasteiger partial charge on any atom is 0.405 e. The van der Waals surface area contributed by atoms with Crippen molar-refractivity contribution in [2.75, 3.05) is 18.5 Å². The van der Waals surface area contributed by atoms with E-state index in [0.717, 1.165) is 16.9 Å². The molecule has 19 heavy (non-hydrogen) atoms. The van der Waals surface area contributed by atoms with E-state index in [9.17, 15) is 13.2 Å². The van der Waals surface area contributed by atoms with E-state index >= 15 is 0 Å². The predicted octanol–water partition coefficient (Wildman–Crippen LogP) is 3.62. The maximum atomic E-state index is 12.3. The number of anilines is 1. The second-order valence-corrected chi connectivity index (χ2v) is 5.03. The molecule has 0 saturated heterocycles. The summed E-state index contributed by atoms with van der Waals surface area (Å²) in [7, 11) is 1.39. The van der Waals surface area contributed by atoms with Crippen LogP contribution in [0.3, 0.4) is 0 Å². The van der Waals surface area contributed by atoms with E-state index in [1.54, 1.807) is 18.2 Å². The van der Waals surface area contributed by atoms with Crippen molar-refractivity contribution in [1.29, 1.82) is 0 Å². The smallest absolute Gasteiger partial charge is 0.366 e. The fourth-order valence-electron chi connectivity index (χ4n) is 1.73. The molecule has 0 fully saturated rings. The third kappa shape index (κ3) is 5.28. The number of nitrogens with zero attached hydrogens (tertiary/aromatic N) is 1. The molecule has 0 radical (unpaired) electrons. The van der Waals surface area contributed by atoms with E-state index in [1.807, 2.05) is 6.92 Å². The van der Waals surface area contributed by atoms with Crippen LogP contribution in [0.5, 0.6) is 0 Å². The van der Waals surface area contributed by atoms with Gasteiger partial charge in [-0.2, -0.15) is 13.2 Å². The quantitative estimate of drug-likeness (QED) is 0.899. The van der Waals surface area contributed by atoms with E-state index in [2.05, 4.69) is 0 Å². The summed E-state index contributed by atoms with van der Waals surface area (Å²) in [5.74, 6) is 0. The van der Waals surface area contributed by atoms with Crippen LogP contribution >= 0.6 is 11.6 Å². The topological polar surface area (TPSA) is 29.3 Å². The van der Waals surface area contributed by atoms with Crippen LogP contribution in [-0.2, 0) is 6.42 Å². The Morgan fingerprint density at radius 3 is 2.47 bits per heavy atom. The van der Waals surface area contributed by atoms with Crippen LogP contribution in [0.4, 0.5) is 18.9 Å². The van der Waals surface area contributed by atoms with Gasteiger partial charge < -0.3 is 10.6 Å². The molecule has 2 N–H and O–H groups in total. The molecule has 2 nitrogen and oxygen atoms in total. The van der Waals surface area contributed by atoms with Crippen LogP contribution in [-0.4, -0.2) is 25.8 Å². The minimum Gasteiger partial charge on any atom is -0.366 e. The Labute approximate surface area is 116 Å². The SMILES string of the molecule is CCC(N)Cc1ccc(N(C)CC(F)(F)F)cc1Cl. The van der Waals surface area contributed by atoms with Gasteiger partial charge in [-0.25, -0.2) is 0 Å². The summed E-state index contributed by atoms with van der Waals surface area (Å²) in [5, 5.41) is 0.454. The molecule has 6 heteroatoms. The zero-order chi connectivity index (χ0) is 14.6. The minimum atomic E-state index is -4.23. The molecule has 0 aliphatic rings. The third-order valence-corrected chi connectivity index (χ3v) is 3.25. The number of benzene rings is 1. The van der Waals surface area contributed by atoms with Crippen LogP contribution in [0.2, 0.25) is 5.02 Å². The van der Waals surface area contributed by atoms with Crippen LogP contribution in [0.25, 0.3) is 0 Å². The standard InChI is InChI=1S/C13H18ClF3N2/c1-3-10(18)6-9-4-5-11(7-12(9)14)19(2)8-13(15,16)17/h4-5,7,10H,3,6,8,18H2,1-2H3. The molecule has 0 aromatic heterocycles. The molecule has 1 aromatic rings. The first kappa shape index (κ1) is 16.1. The van der Waals surface area contributed by atoms with Gasteiger partial charge in [0.15, 0.2) is 0 Å². The minimum absolute atomic E-state index is 0.0104. The van der Waals surface area contributed by atoms with Gasteiger partial charge in [0, 0.05) is 23.8 Å². The zero-order valence-corrected chi connectivity index (χ0v) is 11.7. The fraction of sp³-hybridized carbons (Fsp3) is 0.538. The molecule has 0 heterocycles. The molecular weight excluding hydrogens is 277 g/mol. The van der Waals surface area contributed by atoms with Gasteiger partial charge in [0.25, 0.3) is 0 Å². The summed E-state index contributed by atoms with van der Waals surface area (Å²) in [6, 6.07) is 4.93. The van der Waals surface area contributed by atoms with E-state index in [0.29, 0.717) is 17.1 Å². The van der Waals surface area contributed by atoms with Crippen LogP contribution < -0.4 is 10.6 Å². The number of hydrogen-bond acceptors (Lipinski definition) is 2. The maximum absolute atomic E-state index is 12.3. The summed E-state index contributed by atoms with van der Waals surface area (Å²) in [4.78, 5) is 1.12. The van der Waals surface area contributed by atoms with Crippen LogP contribution in [0.15, 0.2) is 18.2 Å². The van der Waals surface area contributed by atoms with Gasteiger partial charge in [0.2, 0.25) is 0 Å². The summed E-state index contributed by atoms with van der Waals surface area (Å²) in [5.41, 5.74) is 7.14. The molecule has 0 amide bonds. The normalized spacial score (nSPS) is 13.4. The molecule has 0 spiro atoms. The fourth-order valence-corrected chi connectivity index (χ4v) is 1.98. The van der Waals surface area contributed by atoms with Crippen molar-refractivity contribution in [2.45, 2.75) is 32.0 Å². The molecule has 0 aliphatic carbocycles. The largest absolute Gasteiger partial charge is 0.405 e. The van der Waals surface area contributed by atoms with Gasteiger partial charge in [-0.15, -0.1) is 0 Å². The lowest BCUT2D eigenvalue weighted by Gasteiger charge is -2.22. The monoisotopic (exact) mass is 294 g/mol. The van der Waals surface area contributed by atoms with Crippen molar-refractivity contribution in [3.8, 4) is 0 Å². The predicted molar refractivity (Wildman–Crippen MR) is 72.7 cm³/mol. The molecule has 1 aromatic carbocycles. The third-order valence-electron chi connectivity index (χ3n) is 2.90. The Morgan fingerprint density at radius 1 is 1.37 bits per heavy atom. The molecule has 1 atom stereocenters. The molecule has 0 bridgehead atoms. The lowest BCUT2D eigenvalue weighted by molar-refractivity contribution is -0.119. The lowest BCUT2D eigenvalue weighted by atomic mass is 10.0. The van der Waals surface area contributed by atoms with E-state index in [1.165, 1.54) is 7.05 Å². The van der Waals surface area contributed by atoms with Crippen molar-refractivity contribution in [3.05, 3.63) is 28.8 Å². The molecule has 1 unspecified atom stereocenters. The van der Waals surface area contributed by atoms with Crippen LogP contribution in [0, 0.1) is 0 Å². The van der Waals surface area contributed by atoms with Crippen molar-refractivity contribution in [1.82, 2.24) is 0 Å². The molecule has 1 rings (SSSR count). The van der Waals surface area contributed by atoms with Gasteiger partial charge in [0.1, 0.15) is 6.54 Å². The summed E-state index contributed by atoms with van der Waals surface area (Å²) in [6.45, 7) is 0.973. The van der Waals surface area contributed by atoms with E-state index in [-0.39, 0.29) is 6.04 Å². The molecule has 0 saturated carbocycles. The van der Waals surface area contributed by atoms with Crippen LogP contribution in [0.1, 0.15) is 18.9 Å². The summed E-state index contributed by atoms with van der Waals surface area (Å²) < 4.78 is 36.9. The van der Waals surface area contributed by atoms with Crippen molar-refractivity contribution < 1.29 is 13.2 Å². The average Bonchev–Trinajstić information content (AvgIpc) is 2.29. The van der Waals surface area contributed by atoms with Gasteiger partial charge in [-0.3, -0.25) is 0 Å². The number of hydrogen-bond donors (Lipinski definition) is 1. The average molecular weight is 295 g/mol. The number of nitrogens with two attached hydrogens (primary N) is 1. The first-order valence-corrected chi connectivity index (χ1v) is 6.42. The Bertz CT molecular complexity index is 421. The highest BCUT2D eigenvalue weighted by molar-refractivity contribution is 6.31. The highest BCUT2D eigenvalue weighted by atomic mass is 35.5. The molecule has 0 aliphatic heterocycles. The Kier molecular flexibility index (Phi) is 5.50.